The summed E-state index contributed by atoms with van der Waals surface area (Å²) < 4.78 is 13.9. The molecule has 0 spiro atoms. The SMILES string of the molecule is c1ccc(N(c2ccccc2)c2cc3c4c(c2)N(c2ccc5c(c2)oc2ccccc25)c2cc([Si](c5ccccc5)(c5ccccc5)c5ccccc5)ccc2B4c2ccc([Si](c4ccccc4)(c4ccccc4)c4ccccc4)cc2N3c2ccc3c(c2)oc2ccccc23)cc1. The van der Waals surface area contributed by atoms with Crippen LogP contribution in [-0.4, -0.2) is 22.9 Å². The summed E-state index contributed by atoms with van der Waals surface area (Å²) >= 11 is 0. The largest absolute Gasteiger partial charge is 0.456 e. The van der Waals surface area contributed by atoms with Gasteiger partial charge in [-0.15, -0.1) is 0 Å². The topological polar surface area (TPSA) is 36.0 Å². The molecular formula is C90H62BN3O2Si2. The summed E-state index contributed by atoms with van der Waals surface area (Å²) in [7, 11) is -6.29. The third-order valence-corrected chi connectivity index (χ3v) is 30.2. The molecule has 0 bridgehead atoms. The molecule has 0 unspecified atom stereocenters. The molecule has 460 valence electrons. The van der Waals surface area contributed by atoms with E-state index in [1.807, 2.05) is 0 Å². The highest BCUT2D eigenvalue weighted by Gasteiger charge is 2.49. The zero-order valence-corrected chi connectivity index (χ0v) is 55.5. The van der Waals surface area contributed by atoms with Gasteiger partial charge in [-0.3, -0.25) is 0 Å². The van der Waals surface area contributed by atoms with Gasteiger partial charge in [0.15, 0.2) is 16.1 Å². The molecule has 0 atom stereocenters. The Hall–Kier alpha value is -12.2. The van der Waals surface area contributed by atoms with Crippen molar-refractivity contribution in [3.8, 4) is 0 Å². The van der Waals surface area contributed by atoms with Crippen LogP contribution in [0.2, 0.25) is 0 Å². The van der Waals surface area contributed by atoms with Crippen LogP contribution in [0.1, 0.15) is 0 Å². The van der Waals surface area contributed by atoms with Gasteiger partial charge in [0.25, 0.3) is 6.71 Å². The third-order valence-electron chi connectivity index (χ3n) is 20.7. The standard InChI is InChI=1S/C90H62BN3O2Si2/c1-9-29-63(30-10-1)92(64-31-11-2-12-32-64)67-57-84-90-85(58-67)94(66-50-54-79-77-46-26-28-48-87(77)96-89(79)60-66)83-62-75(98(71-39-19-6-20-40-71,72-41-21-7-22-42-72)73-43-23-8-24-44-73)52-56-81(83)91(90)80-55-51-74(61-82(80)93(84)65-49-53-78-76-45-25-27-47-86(76)95-88(78)59-65)97(68-33-13-3-14-34-68,69-35-15-4-16-36-69)70-37-17-5-18-38-70/h1-62H. The zero-order chi connectivity index (χ0) is 64.7. The van der Waals surface area contributed by atoms with Crippen LogP contribution in [0.15, 0.2) is 385 Å². The Balaban J connectivity index is 0.973. The van der Waals surface area contributed by atoms with E-state index in [0.29, 0.717) is 0 Å². The van der Waals surface area contributed by atoms with Gasteiger partial charge in [0, 0.05) is 79.2 Å². The van der Waals surface area contributed by atoms with E-state index in [9.17, 15) is 0 Å². The van der Waals surface area contributed by atoms with E-state index in [-0.39, 0.29) is 6.71 Å². The predicted molar refractivity (Wildman–Crippen MR) is 417 cm³/mol. The van der Waals surface area contributed by atoms with E-state index in [2.05, 4.69) is 391 Å². The zero-order valence-electron chi connectivity index (χ0n) is 53.5. The molecule has 15 aromatic carbocycles. The van der Waals surface area contributed by atoms with E-state index in [0.717, 1.165) is 95.1 Å². The first kappa shape index (κ1) is 57.3. The summed E-state index contributed by atoms with van der Waals surface area (Å²) in [6.45, 7) is -0.260. The highest BCUT2D eigenvalue weighted by atomic mass is 28.3. The van der Waals surface area contributed by atoms with Crippen molar-refractivity contribution in [2.24, 2.45) is 0 Å². The predicted octanol–water partition coefficient (Wildman–Crippen LogP) is 15.8. The first-order valence-corrected chi connectivity index (χ1v) is 37.7. The summed E-state index contributed by atoms with van der Waals surface area (Å²) in [5.74, 6) is 0. The summed E-state index contributed by atoms with van der Waals surface area (Å²) in [5, 5.41) is 14.7. The van der Waals surface area contributed by atoms with Gasteiger partial charge in [-0.05, 0) is 143 Å². The highest BCUT2D eigenvalue weighted by molar-refractivity contribution is 7.20. The second-order valence-electron chi connectivity index (χ2n) is 25.8. The molecule has 0 aliphatic carbocycles. The molecule has 2 aromatic heterocycles. The number of hydrogen-bond donors (Lipinski definition) is 0. The van der Waals surface area contributed by atoms with E-state index in [1.54, 1.807) is 0 Å². The maximum Gasteiger partial charge on any atom is 0.252 e. The van der Waals surface area contributed by atoms with Gasteiger partial charge in [0.1, 0.15) is 22.3 Å². The molecule has 0 saturated heterocycles. The molecule has 2 aliphatic rings. The molecule has 0 fully saturated rings. The van der Waals surface area contributed by atoms with Crippen LogP contribution in [-0.2, 0) is 0 Å². The lowest BCUT2D eigenvalue weighted by atomic mass is 9.33. The van der Waals surface area contributed by atoms with Gasteiger partial charge in [-0.1, -0.05) is 279 Å². The summed E-state index contributed by atoms with van der Waals surface area (Å²) in [6, 6.07) is 140. The number of benzene rings is 15. The van der Waals surface area contributed by atoms with Crippen molar-refractivity contribution in [2.75, 3.05) is 14.7 Å². The highest BCUT2D eigenvalue weighted by Crippen LogP contribution is 2.49. The van der Waals surface area contributed by atoms with E-state index < -0.39 is 16.1 Å². The molecule has 98 heavy (non-hydrogen) atoms. The molecule has 19 rings (SSSR count). The fourth-order valence-electron chi connectivity index (χ4n) is 16.6. The fraction of sp³-hybridized carbons (Fsp3) is 0. The van der Waals surface area contributed by atoms with Crippen molar-refractivity contribution in [1.29, 1.82) is 0 Å². The number of anilines is 9. The minimum atomic E-state index is -3.15. The maximum absolute atomic E-state index is 6.94. The molecule has 0 N–H and O–H groups in total. The first-order chi connectivity index (χ1) is 48.6. The molecule has 0 saturated carbocycles. The lowest BCUT2D eigenvalue weighted by Gasteiger charge is -2.46. The smallest absolute Gasteiger partial charge is 0.252 e. The summed E-state index contributed by atoms with van der Waals surface area (Å²) in [4.78, 5) is 7.59. The molecule has 0 amide bonds. The number of para-hydroxylation sites is 4. The van der Waals surface area contributed by atoms with Gasteiger partial charge in [0.05, 0.1) is 5.69 Å². The van der Waals surface area contributed by atoms with Crippen LogP contribution in [0, 0.1) is 0 Å². The average molecular weight is 1280 g/mol. The minimum Gasteiger partial charge on any atom is -0.456 e. The monoisotopic (exact) mass is 1280 g/mol. The lowest BCUT2D eigenvalue weighted by Crippen LogP contribution is -2.75. The third kappa shape index (κ3) is 8.92. The Morgan fingerprint density at radius 3 is 0.888 bits per heavy atom. The Bertz CT molecular complexity index is 5290. The van der Waals surface area contributed by atoms with E-state index in [1.165, 1.54) is 57.9 Å². The molecule has 17 aromatic rings. The number of hydrogen-bond acceptors (Lipinski definition) is 5. The van der Waals surface area contributed by atoms with Crippen molar-refractivity contribution < 1.29 is 8.83 Å². The normalized spacial score (nSPS) is 12.6. The Morgan fingerprint density at radius 1 is 0.235 bits per heavy atom. The van der Waals surface area contributed by atoms with Crippen LogP contribution in [0.5, 0.6) is 0 Å². The number of rotatable bonds is 13. The van der Waals surface area contributed by atoms with E-state index in [4.69, 9.17) is 8.83 Å². The molecule has 5 nitrogen and oxygen atoms in total. The lowest BCUT2D eigenvalue weighted by molar-refractivity contribution is 0.668. The molecular weight excluding hydrogens is 1220 g/mol. The molecule has 0 radical (unpaired) electrons. The van der Waals surface area contributed by atoms with E-state index >= 15 is 0 Å². The van der Waals surface area contributed by atoms with Crippen molar-refractivity contribution >= 4 is 176 Å². The molecule has 4 heterocycles. The van der Waals surface area contributed by atoms with Crippen molar-refractivity contribution in [1.82, 2.24) is 0 Å². The van der Waals surface area contributed by atoms with Crippen LogP contribution >= 0.6 is 0 Å². The first-order valence-electron chi connectivity index (χ1n) is 33.7. The number of furan rings is 2. The fourth-order valence-corrected chi connectivity index (χ4v) is 26.1. The van der Waals surface area contributed by atoms with Gasteiger partial charge < -0.3 is 23.5 Å². The second kappa shape index (κ2) is 23.3. The Morgan fingerprint density at radius 2 is 0.541 bits per heavy atom. The molecule has 8 heteroatoms. The average Bonchev–Trinajstić information content (AvgIpc) is 0.719. The van der Waals surface area contributed by atoms with Crippen LogP contribution in [0.3, 0.4) is 0 Å². The minimum absolute atomic E-state index is 0.260. The van der Waals surface area contributed by atoms with Crippen molar-refractivity contribution in [3.05, 3.63) is 376 Å². The maximum atomic E-state index is 6.94. The second-order valence-corrected chi connectivity index (χ2v) is 33.4. The van der Waals surface area contributed by atoms with Crippen molar-refractivity contribution in [3.63, 3.8) is 0 Å². The van der Waals surface area contributed by atoms with Crippen LogP contribution < -0.4 is 72.6 Å². The van der Waals surface area contributed by atoms with Crippen LogP contribution in [0.25, 0.3) is 43.9 Å². The van der Waals surface area contributed by atoms with Crippen LogP contribution in [0.4, 0.5) is 51.2 Å². The van der Waals surface area contributed by atoms with Gasteiger partial charge in [-0.2, -0.15) is 0 Å². The number of nitrogens with zero attached hydrogens (tertiary/aromatic N) is 3. The number of fused-ring (bicyclic) bond motifs is 10. The quantitative estimate of drug-likeness (QED) is 0.0849. The summed E-state index contributed by atoms with van der Waals surface area (Å²) in [5.41, 5.74) is 16.4. The Labute approximate surface area is 571 Å². The Kier molecular flexibility index (Phi) is 13.6. The molecule has 2 aliphatic heterocycles. The summed E-state index contributed by atoms with van der Waals surface area (Å²) in [6.07, 6.45) is 0. The van der Waals surface area contributed by atoms with Gasteiger partial charge in [0.2, 0.25) is 0 Å². The van der Waals surface area contributed by atoms with Crippen molar-refractivity contribution in [2.45, 2.75) is 0 Å². The van der Waals surface area contributed by atoms with Gasteiger partial charge in [-0.25, -0.2) is 0 Å². The van der Waals surface area contributed by atoms with Gasteiger partial charge >= 0.3 is 0 Å².